The van der Waals surface area contributed by atoms with E-state index in [9.17, 15) is 14.4 Å². The van der Waals surface area contributed by atoms with Gasteiger partial charge in [0.05, 0.1) is 17.7 Å². The largest absolute Gasteiger partial charge is 0.465 e. The Labute approximate surface area is 157 Å². The summed E-state index contributed by atoms with van der Waals surface area (Å²) in [7, 11) is 0. The lowest BCUT2D eigenvalue weighted by Gasteiger charge is -2.05. The fourth-order valence-corrected chi connectivity index (χ4v) is 2.88. The molecule has 0 N–H and O–H groups in total. The van der Waals surface area contributed by atoms with Crippen LogP contribution in [-0.2, 0) is 16.1 Å². The van der Waals surface area contributed by atoms with E-state index in [-0.39, 0.29) is 40.6 Å². The summed E-state index contributed by atoms with van der Waals surface area (Å²) >= 11 is 12.0. The van der Waals surface area contributed by atoms with E-state index in [2.05, 4.69) is 0 Å². The summed E-state index contributed by atoms with van der Waals surface area (Å²) in [6.07, 6.45) is 0. The molecule has 8 heteroatoms. The van der Waals surface area contributed by atoms with E-state index in [4.69, 9.17) is 32.4 Å². The topological polar surface area (TPSA) is 78.5 Å². The third-order valence-electron chi connectivity index (χ3n) is 3.68. The molecule has 0 bridgehead atoms. The van der Waals surface area contributed by atoms with Crippen molar-refractivity contribution >= 4 is 46.1 Å². The maximum absolute atomic E-state index is 12.8. The van der Waals surface area contributed by atoms with E-state index in [0.29, 0.717) is 10.6 Å². The van der Waals surface area contributed by atoms with Gasteiger partial charge in [0, 0.05) is 15.6 Å². The molecule has 0 spiro atoms. The zero-order valence-electron chi connectivity index (χ0n) is 13.6. The van der Waals surface area contributed by atoms with Crippen LogP contribution < -0.4 is 5.76 Å². The molecule has 2 aromatic carbocycles. The van der Waals surface area contributed by atoms with Gasteiger partial charge in [0.25, 0.3) is 0 Å². The quantitative estimate of drug-likeness (QED) is 0.487. The lowest BCUT2D eigenvalue weighted by Crippen LogP contribution is -2.21. The molecule has 0 unspecified atom stereocenters. The van der Waals surface area contributed by atoms with Crippen molar-refractivity contribution in [2.45, 2.75) is 13.5 Å². The predicted molar refractivity (Wildman–Crippen MR) is 97.0 cm³/mol. The Morgan fingerprint density at radius 3 is 2.46 bits per heavy atom. The molecule has 134 valence electrons. The summed E-state index contributed by atoms with van der Waals surface area (Å²) in [6, 6.07) is 9.16. The Morgan fingerprint density at radius 2 is 1.81 bits per heavy atom. The molecule has 0 saturated heterocycles. The molecular weight excluding hydrogens is 381 g/mol. The number of esters is 1. The van der Waals surface area contributed by atoms with E-state index in [1.165, 1.54) is 12.1 Å². The minimum atomic E-state index is -0.777. The monoisotopic (exact) mass is 393 g/mol. The van der Waals surface area contributed by atoms with Crippen LogP contribution in [0.2, 0.25) is 10.0 Å². The second kappa shape index (κ2) is 7.35. The van der Waals surface area contributed by atoms with E-state index in [1.807, 2.05) is 0 Å². The van der Waals surface area contributed by atoms with E-state index in [1.54, 1.807) is 31.2 Å². The number of fused-ring (bicyclic) bond motifs is 1. The molecule has 0 atom stereocenters. The molecule has 1 heterocycles. The average Bonchev–Trinajstić information content (AvgIpc) is 2.90. The minimum absolute atomic E-state index is 0.0589. The number of oxazole rings is 1. The van der Waals surface area contributed by atoms with Crippen molar-refractivity contribution in [3.8, 4) is 0 Å². The van der Waals surface area contributed by atoms with Crippen molar-refractivity contribution in [3.05, 3.63) is 68.1 Å². The van der Waals surface area contributed by atoms with Gasteiger partial charge in [-0.3, -0.25) is 14.2 Å². The number of hydrogen-bond donors (Lipinski definition) is 0. The van der Waals surface area contributed by atoms with Crippen LogP contribution >= 0.6 is 23.2 Å². The number of nitrogens with zero attached hydrogens (tertiary/aromatic N) is 1. The van der Waals surface area contributed by atoms with Gasteiger partial charge in [0.1, 0.15) is 6.54 Å². The van der Waals surface area contributed by atoms with Gasteiger partial charge in [-0.25, -0.2) is 4.79 Å². The SMILES string of the molecule is CCOC(=O)Cn1c(=O)oc2c(C(=O)c3ccc(Cl)cc3)cc(Cl)cc21. The Hall–Kier alpha value is -2.57. The molecule has 26 heavy (non-hydrogen) atoms. The van der Waals surface area contributed by atoms with Crippen LogP contribution in [0, 0.1) is 0 Å². The highest BCUT2D eigenvalue weighted by Gasteiger charge is 2.21. The number of ether oxygens (including phenoxy) is 1. The average molecular weight is 394 g/mol. The van der Waals surface area contributed by atoms with Crippen molar-refractivity contribution in [3.63, 3.8) is 0 Å². The van der Waals surface area contributed by atoms with Crippen molar-refractivity contribution in [1.29, 1.82) is 0 Å². The smallest absolute Gasteiger partial charge is 0.420 e. The zero-order valence-corrected chi connectivity index (χ0v) is 15.1. The Kier molecular flexibility index (Phi) is 5.15. The number of carbonyl (C=O) groups excluding carboxylic acids is 2. The summed E-state index contributed by atoms with van der Waals surface area (Å²) in [6.45, 7) is 1.51. The van der Waals surface area contributed by atoms with Gasteiger partial charge in [0.15, 0.2) is 11.4 Å². The molecule has 0 radical (unpaired) electrons. The summed E-state index contributed by atoms with van der Waals surface area (Å²) in [5, 5.41) is 0.720. The molecule has 6 nitrogen and oxygen atoms in total. The molecule has 0 fully saturated rings. The zero-order chi connectivity index (χ0) is 18.8. The van der Waals surface area contributed by atoms with Crippen LogP contribution in [0.4, 0.5) is 0 Å². The third kappa shape index (κ3) is 3.52. The number of halogens is 2. The van der Waals surface area contributed by atoms with Gasteiger partial charge in [0.2, 0.25) is 0 Å². The van der Waals surface area contributed by atoms with Crippen molar-refractivity contribution in [2.24, 2.45) is 0 Å². The normalized spacial score (nSPS) is 10.9. The number of benzene rings is 2. The van der Waals surface area contributed by atoms with Crippen LogP contribution in [0.15, 0.2) is 45.6 Å². The van der Waals surface area contributed by atoms with Gasteiger partial charge < -0.3 is 9.15 Å². The molecule has 3 rings (SSSR count). The minimum Gasteiger partial charge on any atom is -0.465 e. The van der Waals surface area contributed by atoms with Gasteiger partial charge in [-0.15, -0.1) is 0 Å². The highest BCUT2D eigenvalue weighted by molar-refractivity contribution is 6.32. The second-order valence-corrected chi connectivity index (χ2v) is 6.27. The first-order chi connectivity index (χ1) is 12.4. The first-order valence-electron chi connectivity index (χ1n) is 7.69. The molecule has 0 aliphatic heterocycles. The number of rotatable bonds is 5. The van der Waals surface area contributed by atoms with E-state index >= 15 is 0 Å². The van der Waals surface area contributed by atoms with Crippen molar-refractivity contribution in [2.75, 3.05) is 6.61 Å². The van der Waals surface area contributed by atoms with Gasteiger partial charge in [-0.1, -0.05) is 23.2 Å². The second-order valence-electron chi connectivity index (χ2n) is 5.40. The van der Waals surface area contributed by atoms with E-state index in [0.717, 1.165) is 4.57 Å². The van der Waals surface area contributed by atoms with Crippen LogP contribution in [0.25, 0.3) is 11.1 Å². The van der Waals surface area contributed by atoms with Crippen LogP contribution in [0.3, 0.4) is 0 Å². The molecule has 0 amide bonds. The molecule has 3 aromatic rings. The lowest BCUT2D eigenvalue weighted by atomic mass is 10.0. The van der Waals surface area contributed by atoms with Crippen molar-refractivity contribution < 1.29 is 18.7 Å². The van der Waals surface area contributed by atoms with Gasteiger partial charge >= 0.3 is 11.7 Å². The predicted octanol–water partition coefficient (Wildman–Crippen LogP) is 3.70. The van der Waals surface area contributed by atoms with Gasteiger partial charge in [-0.2, -0.15) is 0 Å². The standard InChI is InChI=1S/C18H13Cl2NO5/c1-2-25-15(22)9-21-14-8-12(20)7-13(17(14)26-18(21)24)16(23)10-3-5-11(19)6-4-10/h3-8H,2,9H2,1H3. The fourth-order valence-electron chi connectivity index (χ4n) is 2.54. The summed E-state index contributed by atoms with van der Waals surface area (Å²) in [5.74, 6) is -1.76. The fraction of sp³-hybridized carbons (Fsp3) is 0.167. The van der Waals surface area contributed by atoms with Crippen molar-refractivity contribution in [1.82, 2.24) is 4.57 Å². The Bertz CT molecular complexity index is 1050. The maximum Gasteiger partial charge on any atom is 0.420 e. The van der Waals surface area contributed by atoms with Crippen LogP contribution in [0.1, 0.15) is 22.8 Å². The molecule has 0 saturated carbocycles. The molecule has 0 aliphatic rings. The van der Waals surface area contributed by atoms with Crippen LogP contribution in [0.5, 0.6) is 0 Å². The lowest BCUT2D eigenvalue weighted by molar-refractivity contribution is -0.143. The first kappa shape index (κ1) is 18.2. The first-order valence-corrected chi connectivity index (χ1v) is 8.45. The third-order valence-corrected chi connectivity index (χ3v) is 4.15. The summed E-state index contributed by atoms with van der Waals surface area (Å²) in [4.78, 5) is 36.7. The van der Waals surface area contributed by atoms with E-state index < -0.39 is 11.7 Å². The summed E-state index contributed by atoms with van der Waals surface area (Å²) in [5.41, 5.74) is 0.782. The number of ketones is 1. The highest BCUT2D eigenvalue weighted by Crippen LogP contribution is 2.26. The highest BCUT2D eigenvalue weighted by atomic mass is 35.5. The number of hydrogen-bond acceptors (Lipinski definition) is 5. The maximum atomic E-state index is 12.8. The summed E-state index contributed by atoms with van der Waals surface area (Å²) < 4.78 is 11.2. The molecule has 0 aliphatic carbocycles. The molecular formula is C18H13Cl2NO5. The van der Waals surface area contributed by atoms with Crippen LogP contribution in [-0.4, -0.2) is 22.9 Å². The molecule has 1 aromatic heterocycles. The number of carbonyl (C=O) groups is 2. The Balaban J connectivity index is 2.12. The number of aromatic nitrogens is 1. The van der Waals surface area contributed by atoms with Gasteiger partial charge in [-0.05, 0) is 43.3 Å². The Morgan fingerprint density at radius 1 is 1.12 bits per heavy atom.